The number of hydrogen-bond acceptors (Lipinski definition) is 9. The smallest absolute Gasteiger partial charge is 0.410 e. The molecule has 0 aromatic carbocycles. The summed E-state index contributed by atoms with van der Waals surface area (Å²) in [6.45, 7) is 11.4. The van der Waals surface area contributed by atoms with Gasteiger partial charge < -0.3 is 25.6 Å². The number of pyridine rings is 1. The van der Waals surface area contributed by atoms with E-state index in [4.69, 9.17) is 15.5 Å². The molecule has 200 valence electrons. The second-order valence-electron chi connectivity index (χ2n) is 10.7. The number of nitrogens with zero attached hydrogens (tertiary/aromatic N) is 6. The highest BCUT2D eigenvalue weighted by Crippen LogP contribution is 2.34. The van der Waals surface area contributed by atoms with Gasteiger partial charge in [0.1, 0.15) is 17.1 Å². The molecule has 0 radical (unpaired) electrons. The van der Waals surface area contributed by atoms with Crippen molar-refractivity contribution in [2.45, 2.75) is 57.8 Å². The molecule has 5 rings (SSSR count). The molecule has 12 heteroatoms. The molecule has 3 fully saturated rings. The van der Waals surface area contributed by atoms with E-state index in [-0.39, 0.29) is 18.2 Å². The average Bonchev–Trinajstić information content (AvgIpc) is 2.86. The molecule has 3 saturated heterocycles. The Kier molecular flexibility index (Phi) is 7.73. The van der Waals surface area contributed by atoms with Gasteiger partial charge in [-0.05, 0) is 66.5 Å². The molecule has 3 N–H and O–H groups in total. The molecule has 5 heterocycles. The SMILES string of the molecule is CNc1c(N)nc(P(C)C)nc1N(C=O)Cc1ccc(N2CC3CCC2CN3C(=O)OC(C)(C)C)nc1. The maximum Gasteiger partial charge on any atom is 0.410 e. The number of hydrogen-bond donors (Lipinski definition) is 2. The lowest BCUT2D eigenvalue weighted by Crippen LogP contribution is -2.64. The van der Waals surface area contributed by atoms with Crippen molar-refractivity contribution in [3.05, 3.63) is 23.9 Å². The Morgan fingerprint density at radius 2 is 1.97 bits per heavy atom. The van der Waals surface area contributed by atoms with Gasteiger partial charge in [0.25, 0.3) is 0 Å². The van der Waals surface area contributed by atoms with Gasteiger partial charge in [-0.3, -0.25) is 9.69 Å². The lowest BCUT2D eigenvalue weighted by Gasteiger charge is -2.51. The zero-order valence-corrected chi connectivity index (χ0v) is 23.3. The topological polar surface area (TPSA) is 130 Å². The number of ether oxygens (including phenoxy) is 1. The summed E-state index contributed by atoms with van der Waals surface area (Å²) in [6.07, 6.45) is 4.27. The second kappa shape index (κ2) is 10.7. The van der Waals surface area contributed by atoms with E-state index in [0.717, 1.165) is 37.2 Å². The minimum absolute atomic E-state index is 0.104. The third kappa shape index (κ3) is 5.87. The standard InChI is InChI=1S/C25H37N8O3P/c1-25(2,3)36-24(35)33-14-17-8-9-18(33)13-32(17)19-10-7-16(11-28-19)12-31(15-34)22-20(27-4)21(26)29-23(30-22)37(5)6/h7,10-11,15,17-18,27H,8-9,12-14H2,1-6H3,(H2,26,29,30). The number of aromatic nitrogens is 3. The number of carbonyl (C=O) groups is 2. The van der Waals surface area contributed by atoms with E-state index in [1.165, 1.54) is 4.90 Å². The summed E-state index contributed by atoms with van der Waals surface area (Å²) in [5.74, 6) is 1.64. The molecule has 2 aromatic heterocycles. The highest BCUT2D eigenvalue weighted by molar-refractivity contribution is 7.63. The summed E-state index contributed by atoms with van der Waals surface area (Å²) in [5.41, 5.74) is 7.67. The Labute approximate surface area is 219 Å². The van der Waals surface area contributed by atoms with Crippen LogP contribution in [0.4, 0.5) is 27.9 Å². The fraction of sp³-hybridized carbons (Fsp3) is 0.560. The number of piperidine rings is 2. The Balaban J connectivity index is 1.48. The Bertz CT molecular complexity index is 1140. The van der Waals surface area contributed by atoms with E-state index < -0.39 is 13.5 Å². The average molecular weight is 529 g/mol. The first-order valence-corrected chi connectivity index (χ1v) is 14.7. The molecule has 2 aromatic rings. The summed E-state index contributed by atoms with van der Waals surface area (Å²) in [4.78, 5) is 44.1. The van der Waals surface area contributed by atoms with E-state index in [0.29, 0.717) is 36.0 Å². The first-order valence-electron chi connectivity index (χ1n) is 12.5. The molecule has 3 aliphatic rings. The van der Waals surface area contributed by atoms with Gasteiger partial charge in [0.05, 0.1) is 12.6 Å². The van der Waals surface area contributed by atoms with Crippen LogP contribution in [0.5, 0.6) is 0 Å². The van der Waals surface area contributed by atoms with Gasteiger partial charge in [0.2, 0.25) is 6.41 Å². The molecule has 11 nitrogen and oxygen atoms in total. The number of nitrogen functional groups attached to an aromatic ring is 1. The highest BCUT2D eigenvalue weighted by atomic mass is 31.1. The zero-order valence-electron chi connectivity index (χ0n) is 22.4. The number of amides is 2. The van der Waals surface area contributed by atoms with Gasteiger partial charge in [0.15, 0.2) is 17.2 Å². The van der Waals surface area contributed by atoms with Gasteiger partial charge in [-0.15, -0.1) is 0 Å². The van der Waals surface area contributed by atoms with Crippen molar-refractivity contribution < 1.29 is 14.3 Å². The van der Waals surface area contributed by atoms with E-state index in [2.05, 4.69) is 20.2 Å². The van der Waals surface area contributed by atoms with E-state index in [9.17, 15) is 9.59 Å². The molecule has 2 atom stereocenters. The van der Waals surface area contributed by atoms with E-state index in [1.807, 2.05) is 51.1 Å². The van der Waals surface area contributed by atoms with Gasteiger partial charge in [-0.25, -0.2) is 19.7 Å². The molecule has 2 amide bonds. The maximum absolute atomic E-state index is 12.7. The Morgan fingerprint density at radius 3 is 2.51 bits per heavy atom. The summed E-state index contributed by atoms with van der Waals surface area (Å²) >= 11 is 0. The van der Waals surface area contributed by atoms with Crippen molar-refractivity contribution in [1.82, 2.24) is 19.9 Å². The van der Waals surface area contributed by atoms with Crippen LogP contribution in [0.1, 0.15) is 39.2 Å². The van der Waals surface area contributed by atoms with Crippen molar-refractivity contribution in [3.63, 3.8) is 0 Å². The van der Waals surface area contributed by atoms with Crippen molar-refractivity contribution in [2.75, 3.05) is 54.3 Å². The number of nitrogens with two attached hydrogens (primary N) is 1. The molecule has 2 bridgehead atoms. The van der Waals surface area contributed by atoms with Crippen LogP contribution >= 0.6 is 7.92 Å². The number of anilines is 4. The Morgan fingerprint density at radius 1 is 1.24 bits per heavy atom. The summed E-state index contributed by atoms with van der Waals surface area (Å²) in [6, 6.07) is 4.25. The largest absolute Gasteiger partial charge is 0.444 e. The Hall–Kier alpha value is -3.20. The molecule has 2 unspecified atom stereocenters. The molecular weight excluding hydrogens is 491 g/mol. The number of piperazine rings is 1. The maximum atomic E-state index is 12.7. The molecule has 0 aliphatic carbocycles. The third-order valence-electron chi connectivity index (χ3n) is 6.57. The van der Waals surface area contributed by atoms with Crippen LogP contribution in [-0.2, 0) is 16.1 Å². The van der Waals surface area contributed by atoms with Crippen LogP contribution in [0, 0.1) is 0 Å². The van der Waals surface area contributed by atoms with Crippen LogP contribution in [0.25, 0.3) is 0 Å². The fourth-order valence-corrected chi connectivity index (χ4v) is 5.40. The van der Waals surface area contributed by atoms with Crippen molar-refractivity contribution >= 4 is 49.1 Å². The first kappa shape index (κ1) is 26.9. The summed E-state index contributed by atoms with van der Waals surface area (Å²) < 4.78 is 5.61. The monoisotopic (exact) mass is 528 g/mol. The van der Waals surface area contributed by atoms with E-state index in [1.54, 1.807) is 13.2 Å². The number of nitrogens with one attached hydrogen (secondary N) is 1. The predicted molar refractivity (Wildman–Crippen MR) is 148 cm³/mol. The molecule has 3 aliphatic heterocycles. The van der Waals surface area contributed by atoms with Gasteiger partial charge in [-0.1, -0.05) is 6.07 Å². The molecular formula is C25H37N8O3P. The normalized spacial score (nSPS) is 19.2. The van der Waals surface area contributed by atoms with Gasteiger partial charge in [-0.2, -0.15) is 0 Å². The van der Waals surface area contributed by atoms with Crippen molar-refractivity contribution in [1.29, 1.82) is 0 Å². The van der Waals surface area contributed by atoms with Crippen LogP contribution < -0.4 is 26.4 Å². The van der Waals surface area contributed by atoms with Crippen LogP contribution in [0.2, 0.25) is 0 Å². The minimum Gasteiger partial charge on any atom is -0.444 e. The lowest BCUT2D eigenvalue weighted by atomic mass is 9.91. The quantitative estimate of drug-likeness (QED) is 0.411. The number of fused-ring (bicyclic) bond motifs is 3. The first-order chi connectivity index (χ1) is 17.5. The van der Waals surface area contributed by atoms with E-state index >= 15 is 0 Å². The van der Waals surface area contributed by atoms with Crippen LogP contribution in [0.3, 0.4) is 0 Å². The summed E-state index contributed by atoms with van der Waals surface area (Å²) in [5, 5.41) is 3.02. The lowest BCUT2D eigenvalue weighted by molar-refractivity contribution is -0.107. The van der Waals surface area contributed by atoms with Gasteiger partial charge >= 0.3 is 6.09 Å². The minimum atomic E-state index is -0.586. The third-order valence-corrected chi connectivity index (χ3v) is 7.57. The van der Waals surface area contributed by atoms with Crippen molar-refractivity contribution in [3.8, 4) is 0 Å². The van der Waals surface area contributed by atoms with Gasteiger partial charge in [0, 0.05) is 32.4 Å². The molecule has 0 spiro atoms. The van der Waals surface area contributed by atoms with Crippen LogP contribution in [-0.4, -0.2) is 83.5 Å². The molecule has 37 heavy (non-hydrogen) atoms. The number of carbonyl (C=O) groups excluding carboxylic acids is 2. The summed E-state index contributed by atoms with van der Waals surface area (Å²) in [7, 11) is 1.14. The highest BCUT2D eigenvalue weighted by Gasteiger charge is 2.43. The molecule has 0 saturated carbocycles. The van der Waals surface area contributed by atoms with Crippen LogP contribution in [0.15, 0.2) is 18.3 Å². The number of rotatable bonds is 7. The second-order valence-corrected chi connectivity index (χ2v) is 12.9. The van der Waals surface area contributed by atoms with Crippen molar-refractivity contribution in [2.24, 2.45) is 0 Å². The predicted octanol–water partition coefficient (Wildman–Crippen LogP) is 2.61. The fourth-order valence-electron chi connectivity index (χ4n) is 4.79. The zero-order chi connectivity index (χ0) is 26.9.